The number of rotatable bonds is 4. The quantitative estimate of drug-likeness (QED) is 0.594. The second-order valence-electron chi connectivity index (χ2n) is 5.66. The number of aromatic hydroxyl groups is 1. The van der Waals surface area contributed by atoms with Crippen molar-refractivity contribution in [1.82, 2.24) is 15.0 Å². The number of nitrogens with zero attached hydrogens (tertiary/aromatic N) is 3. The molecule has 0 aliphatic carbocycles. The summed E-state index contributed by atoms with van der Waals surface area (Å²) in [6, 6.07) is 16.9. The lowest BCUT2D eigenvalue weighted by Gasteiger charge is -2.21. The molecule has 5 heteroatoms. The van der Waals surface area contributed by atoms with Gasteiger partial charge >= 0.3 is 0 Å². The molecule has 4 aromatic rings. The van der Waals surface area contributed by atoms with Gasteiger partial charge in [0.25, 0.3) is 0 Å². The highest BCUT2D eigenvalue weighted by Gasteiger charge is 2.20. The molecule has 1 aromatic carbocycles. The molecule has 0 unspecified atom stereocenters. The van der Waals surface area contributed by atoms with Gasteiger partial charge in [-0.05, 0) is 29.8 Å². The average Bonchev–Trinajstić information content (AvgIpc) is 2.69. The normalized spacial score (nSPS) is 12.0. The Morgan fingerprint density at radius 1 is 0.840 bits per heavy atom. The number of anilines is 1. The average molecular weight is 328 g/mol. The predicted molar refractivity (Wildman–Crippen MR) is 97.3 cm³/mol. The van der Waals surface area contributed by atoms with Crippen molar-refractivity contribution in [3.05, 3.63) is 90.5 Å². The maximum atomic E-state index is 10.8. The van der Waals surface area contributed by atoms with Gasteiger partial charge in [-0.25, -0.2) is 4.98 Å². The Hall–Kier alpha value is -3.47. The number of pyridine rings is 3. The molecule has 0 fully saturated rings. The summed E-state index contributed by atoms with van der Waals surface area (Å²) >= 11 is 0. The van der Waals surface area contributed by atoms with Crippen molar-refractivity contribution in [2.75, 3.05) is 5.32 Å². The Kier molecular flexibility index (Phi) is 3.96. The van der Waals surface area contributed by atoms with Crippen LogP contribution in [0.2, 0.25) is 0 Å². The van der Waals surface area contributed by atoms with Crippen LogP contribution in [0, 0.1) is 0 Å². The van der Waals surface area contributed by atoms with Crippen molar-refractivity contribution >= 4 is 16.7 Å². The fourth-order valence-electron chi connectivity index (χ4n) is 2.86. The van der Waals surface area contributed by atoms with Gasteiger partial charge in [0, 0.05) is 35.7 Å². The first-order valence-electron chi connectivity index (χ1n) is 7.97. The topological polar surface area (TPSA) is 70.9 Å². The zero-order valence-corrected chi connectivity index (χ0v) is 13.4. The van der Waals surface area contributed by atoms with Gasteiger partial charge < -0.3 is 10.4 Å². The molecule has 5 nitrogen and oxygen atoms in total. The first-order valence-corrected chi connectivity index (χ1v) is 7.97. The summed E-state index contributed by atoms with van der Waals surface area (Å²) in [6.07, 6.45) is 6.91. The molecule has 3 aromatic heterocycles. The zero-order valence-electron chi connectivity index (χ0n) is 13.4. The molecule has 3 heterocycles. The van der Waals surface area contributed by atoms with Gasteiger partial charge in [-0.1, -0.05) is 30.3 Å². The zero-order chi connectivity index (χ0) is 17.1. The highest BCUT2D eigenvalue weighted by molar-refractivity contribution is 5.85. The van der Waals surface area contributed by atoms with Crippen LogP contribution in [0.15, 0.2) is 79.4 Å². The number of phenols is 1. The van der Waals surface area contributed by atoms with Crippen LogP contribution in [0.5, 0.6) is 5.75 Å². The number of fused-ring (bicyclic) bond motifs is 1. The van der Waals surface area contributed by atoms with E-state index < -0.39 is 0 Å². The van der Waals surface area contributed by atoms with E-state index in [1.165, 1.54) is 0 Å². The molecule has 0 saturated carbocycles. The molecular weight excluding hydrogens is 312 g/mol. The minimum atomic E-state index is -0.296. The molecule has 1 atom stereocenters. The second-order valence-corrected chi connectivity index (χ2v) is 5.66. The number of nitrogens with one attached hydrogen (secondary N) is 1. The van der Waals surface area contributed by atoms with Crippen molar-refractivity contribution in [3.63, 3.8) is 0 Å². The number of hydrogen-bond donors (Lipinski definition) is 2. The third-order valence-electron chi connectivity index (χ3n) is 4.06. The molecule has 4 rings (SSSR count). The fraction of sp³-hybridized carbons (Fsp3) is 0.0500. The van der Waals surface area contributed by atoms with Crippen LogP contribution in [0.4, 0.5) is 5.82 Å². The third kappa shape index (κ3) is 2.99. The maximum absolute atomic E-state index is 10.8. The SMILES string of the molecule is Oc1c([C@@H](Nc2ccccn2)c2cccnc2)ccc2cccnc12. The van der Waals surface area contributed by atoms with Crippen LogP contribution >= 0.6 is 0 Å². The van der Waals surface area contributed by atoms with E-state index in [-0.39, 0.29) is 11.8 Å². The van der Waals surface area contributed by atoms with Gasteiger partial charge in [-0.15, -0.1) is 0 Å². The minimum Gasteiger partial charge on any atom is -0.505 e. The lowest BCUT2D eigenvalue weighted by molar-refractivity contribution is 0.471. The summed E-state index contributed by atoms with van der Waals surface area (Å²) in [5.41, 5.74) is 2.24. The molecule has 0 aliphatic heterocycles. The van der Waals surface area contributed by atoms with E-state index in [2.05, 4.69) is 20.3 Å². The number of benzene rings is 1. The van der Waals surface area contributed by atoms with Crippen molar-refractivity contribution in [3.8, 4) is 5.75 Å². The standard InChI is InChI=1S/C20H16N4O/c25-20-16(9-8-14-5-4-12-23-19(14)20)18(15-6-3-10-21-13-15)24-17-7-1-2-11-22-17/h1-13,18,25H,(H,22,24)/t18-/m0/s1. The van der Waals surface area contributed by atoms with Gasteiger partial charge in [0.2, 0.25) is 0 Å². The number of hydrogen-bond acceptors (Lipinski definition) is 5. The van der Waals surface area contributed by atoms with Gasteiger partial charge in [-0.2, -0.15) is 0 Å². The van der Waals surface area contributed by atoms with Crippen LogP contribution in [-0.4, -0.2) is 20.1 Å². The Bertz CT molecular complexity index is 990. The Morgan fingerprint density at radius 3 is 2.52 bits per heavy atom. The van der Waals surface area contributed by atoms with E-state index >= 15 is 0 Å². The molecule has 0 amide bonds. The maximum Gasteiger partial charge on any atom is 0.147 e. The first-order chi connectivity index (χ1) is 12.3. The molecular formula is C20H16N4O. The molecule has 25 heavy (non-hydrogen) atoms. The second kappa shape index (κ2) is 6.57. The lowest BCUT2D eigenvalue weighted by Crippen LogP contribution is -2.14. The van der Waals surface area contributed by atoms with E-state index in [1.807, 2.05) is 54.6 Å². The van der Waals surface area contributed by atoms with Gasteiger partial charge in [0.15, 0.2) is 0 Å². The Labute approximate surface area is 145 Å². The summed E-state index contributed by atoms with van der Waals surface area (Å²) in [4.78, 5) is 12.9. The van der Waals surface area contributed by atoms with Crippen LogP contribution in [0.25, 0.3) is 10.9 Å². The molecule has 0 bridgehead atoms. The number of phenolic OH excluding ortho intramolecular Hbond substituents is 1. The van der Waals surface area contributed by atoms with Gasteiger partial charge in [0.05, 0.1) is 6.04 Å². The van der Waals surface area contributed by atoms with E-state index in [1.54, 1.807) is 24.8 Å². The summed E-state index contributed by atoms with van der Waals surface area (Å²) in [5.74, 6) is 0.882. The summed E-state index contributed by atoms with van der Waals surface area (Å²) in [7, 11) is 0. The van der Waals surface area contributed by atoms with Crippen LogP contribution < -0.4 is 5.32 Å². The summed E-state index contributed by atoms with van der Waals surface area (Å²) in [5, 5.41) is 15.1. The van der Waals surface area contributed by atoms with E-state index in [9.17, 15) is 5.11 Å². The minimum absolute atomic E-state index is 0.162. The largest absolute Gasteiger partial charge is 0.505 e. The Morgan fingerprint density at radius 2 is 1.72 bits per heavy atom. The molecule has 0 spiro atoms. The van der Waals surface area contributed by atoms with Gasteiger partial charge in [0.1, 0.15) is 17.1 Å². The summed E-state index contributed by atoms with van der Waals surface area (Å²) in [6.45, 7) is 0. The monoisotopic (exact) mass is 328 g/mol. The smallest absolute Gasteiger partial charge is 0.147 e. The van der Waals surface area contributed by atoms with Crippen molar-refractivity contribution < 1.29 is 5.11 Å². The van der Waals surface area contributed by atoms with Crippen molar-refractivity contribution in [2.45, 2.75) is 6.04 Å². The predicted octanol–water partition coefficient (Wildman–Crippen LogP) is 3.93. The van der Waals surface area contributed by atoms with Crippen molar-refractivity contribution in [1.29, 1.82) is 0 Å². The van der Waals surface area contributed by atoms with E-state index in [0.717, 1.165) is 22.3 Å². The molecule has 0 aliphatic rings. The highest BCUT2D eigenvalue weighted by atomic mass is 16.3. The molecule has 0 radical (unpaired) electrons. The highest BCUT2D eigenvalue weighted by Crippen LogP contribution is 2.35. The first kappa shape index (κ1) is 15.1. The van der Waals surface area contributed by atoms with Crippen LogP contribution in [0.1, 0.15) is 17.2 Å². The van der Waals surface area contributed by atoms with Crippen molar-refractivity contribution in [2.24, 2.45) is 0 Å². The van der Waals surface area contributed by atoms with E-state index in [0.29, 0.717) is 5.52 Å². The molecule has 2 N–H and O–H groups in total. The molecule has 0 saturated heterocycles. The van der Waals surface area contributed by atoms with Crippen LogP contribution in [0.3, 0.4) is 0 Å². The lowest BCUT2D eigenvalue weighted by atomic mass is 9.97. The number of aromatic nitrogens is 3. The third-order valence-corrected chi connectivity index (χ3v) is 4.06. The Balaban J connectivity index is 1.85. The van der Waals surface area contributed by atoms with Crippen LogP contribution in [-0.2, 0) is 0 Å². The molecule has 122 valence electrons. The van der Waals surface area contributed by atoms with E-state index in [4.69, 9.17) is 0 Å². The fourth-order valence-corrected chi connectivity index (χ4v) is 2.86. The summed E-state index contributed by atoms with van der Waals surface area (Å²) < 4.78 is 0. The van der Waals surface area contributed by atoms with Gasteiger partial charge in [-0.3, -0.25) is 9.97 Å².